The minimum Gasteiger partial charge on any atom is -0.465 e. The number of methoxy groups -OCH3 is 1. The smallest absolute Gasteiger partial charge is 0.337 e. The zero-order valence-electron chi connectivity index (χ0n) is 15.0. The topological polar surface area (TPSA) is 95.9 Å². The van der Waals surface area contributed by atoms with Gasteiger partial charge in [0.2, 0.25) is 5.82 Å². The molecule has 9 heteroatoms. The van der Waals surface area contributed by atoms with E-state index in [1.165, 1.54) is 19.2 Å². The second-order valence-corrected chi connectivity index (χ2v) is 5.91. The lowest BCUT2D eigenvalue weighted by Gasteiger charge is -2.02. The molecule has 0 amide bonds. The van der Waals surface area contributed by atoms with Crippen LogP contribution in [-0.4, -0.2) is 38.2 Å². The maximum absolute atomic E-state index is 13.1. The molecule has 0 radical (unpaired) electrons. The van der Waals surface area contributed by atoms with Crippen molar-refractivity contribution in [1.29, 1.82) is 0 Å². The zero-order chi connectivity index (χ0) is 19.7. The van der Waals surface area contributed by atoms with Crippen molar-refractivity contribution in [2.45, 2.75) is 6.92 Å². The van der Waals surface area contributed by atoms with Crippen molar-refractivity contribution in [3.63, 3.8) is 0 Å². The first-order valence-corrected chi connectivity index (χ1v) is 8.28. The summed E-state index contributed by atoms with van der Waals surface area (Å²) in [5.74, 6) is -0.306. The van der Waals surface area contributed by atoms with Crippen LogP contribution in [0, 0.1) is 12.7 Å². The number of hydrogen-bond acceptors (Lipinski definition) is 7. The first-order valence-electron chi connectivity index (χ1n) is 8.28. The van der Waals surface area contributed by atoms with Crippen LogP contribution >= 0.6 is 0 Å². The summed E-state index contributed by atoms with van der Waals surface area (Å²) in [7, 11) is 1.31. The normalized spacial score (nSPS) is 10.8. The van der Waals surface area contributed by atoms with E-state index in [0.717, 1.165) is 0 Å². The SMILES string of the molecule is COC(=O)c1cccc(-c2nc(-c3nnn(-c4ccc(F)cc4)c3C)no2)c1. The van der Waals surface area contributed by atoms with Gasteiger partial charge in [0.1, 0.15) is 5.82 Å². The molecule has 4 rings (SSSR count). The standard InChI is InChI=1S/C19H14FN5O3/c1-11-16(22-24-25(11)15-8-6-14(20)7-9-15)17-21-18(28-23-17)12-4-3-5-13(10-12)19(26)27-2/h3-10H,1-2H3. The third kappa shape index (κ3) is 3.13. The van der Waals surface area contributed by atoms with Crippen LogP contribution in [0.2, 0.25) is 0 Å². The van der Waals surface area contributed by atoms with E-state index in [9.17, 15) is 9.18 Å². The van der Waals surface area contributed by atoms with Gasteiger partial charge >= 0.3 is 5.97 Å². The van der Waals surface area contributed by atoms with Gasteiger partial charge in [-0.25, -0.2) is 13.9 Å². The van der Waals surface area contributed by atoms with Crippen LogP contribution in [0.5, 0.6) is 0 Å². The minimum absolute atomic E-state index is 0.233. The number of rotatable bonds is 4. The van der Waals surface area contributed by atoms with Crippen LogP contribution in [0.25, 0.3) is 28.7 Å². The number of benzene rings is 2. The Morgan fingerprint density at radius 1 is 1.18 bits per heavy atom. The average Bonchev–Trinajstić information content (AvgIpc) is 3.35. The summed E-state index contributed by atoms with van der Waals surface area (Å²) < 4.78 is 24.7. The molecule has 0 saturated heterocycles. The van der Waals surface area contributed by atoms with Crippen LogP contribution in [0.3, 0.4) is 0 Å². The van der Waals surface area contributed by atoms with Gasteiger partial charge in [0.25, 0.3) is 5.89 Å². The second kappa shape index (κ2) is 7.03. The Morgan fingerprint density at radius 2 is 1.96 bits per heavy atom. The predicted molar refractivity (Wildman–Crippen MR) is 96.1 cm³/mol. The summed E-state index contributed by atoms with van der Waals surface area (Å²) in [5, 5.41) is 12.2. The van der Waals surface area contributed by atoms with Gasteiger partial charge in [0, 0.05) is 5.56 Å². The van der Waals surface area contributed by atoms with E-state index in [-0.39, 0.29) is 17.5 Å². The Balaban J connectivity index is 1.67. The molecule has 2 heterocycles. The van der Waals surface area contributed by atoms with Crippen molar-refractivity contribution >= 4 is 5.97 Å². The van der Waals surface area contributed by atoms with Crippen molar-refractivity contribution in [2.75, 3.05) is 7.11 Å². The van der Waals surface area contributed by atoms with E-state index >= 15 is 0 Å². The van der Waals surface area contributed by atoms with E-state index < -0.39 is 5.97 Å². The summed E-state index contributed by atoms with van der Waals surface area (Å²) in [4.78, 5) is 16.0. The third-order valence-electron chi connectivity index (χ3n) is 4.13. The number of esters is 1. The summed E-state index contributed by atoms with van der Waals surface area (Å²) in [6.07, 6.45) is 0. The molecular formula is C19H14FN5O3. The fourth-order valence-corrected chi connectivity index (χ4v) is 2.70. The molecule has 140 valence electrons. The lowest BCUT2D eigenvalue weighted by atomic mass is 10.1. The van der Waals surface area contributed by atoms with E-state index in [2.05, 4.69) is 20.5 Å². The highest BCUT2D eigenvalue weighted by Crippen LogP contribution is 2.25. The van der Waals surface area contributed by atoms with Crippen molar-refractivity contribution in [2.24, 2.45) is 0 Å². The van der Waals surface area contributed by atoms with Crippen molar-refractivity contribution in [3.8, 4) is 28.7 Å². The number of halogens is 1. The average molecular weight is 379 g/mol. The van der Waals surface area contributed by atoms with Crippen LogP contribution < -0.4 is 0 Å². The largest absolute Gasteiger partial charge is 0.465 e. The van der Waals surface area contributed by atoms with Gasteiger partial charge in [0.15, 0.2) is 5.69 Å². The number of aromatic nitrogens is 5. The monoisotopic (exact) mass is 379 g/mol. The fraction of sp³-hybridized carbons (Fsp3) is 0.105. The van der Waals surface area contributed by atoms with Crippen LogP contribution in [0.15, 0.2) is 53.1 Å². The van der Waals surface area contributed by atoms with Crippen LogP contribution in [-0.2, 0) is 4.74 Å². The van der Waals surface area contributed by atoms with Crippen LogP contribution in [0.4, 0.5) is 4.39 Å². The molecule has 8 nitrogen and oxygen atoms in total. The maximum atomic E-state index is 13.1. The number of ether oxygens (including phenoxy) is 1. The molecule has 2 aromatic heterocycles. The van der Waals surface area contributed by atoms with E-state index in [4.69, 9.17) is 9.26 Å². The van der Waals surface area contributed by atoms with Gasteiger partial charge < -0.3 is 9.26 Å². The first kappa shape index (κ1) is 17.5. The Labute approximate surface area is 158 Å². The molecule has 0 fully saturated rings. The molecule has 0 unspecified atom stereocenters. The first-order chi connectivity index (χ1) is 13.6. The van der Waals surface area contributed by atoms with E-state index in [1.54, 1.807) is 48.0 Å². The van der Waals surface area contributed by atoms with E-state index in [1.807, 2.05) is 0 Å². The molecule has 4 aromatic rings. The van der Waals surface area contributed by atoms with Gasteiger partial charge in [-0.05, 0) is 49.4 Å². The van der Waals surface area contributed by atoms with Gasteiger partial charge in [-0.3, -0.25) is 0 Å². The number of carbonyl (C=O) groups is 1. The molecule has 0 atom stereocenters. The predicted octanol–water partition coefficient (Wildman–Crippen LogP) is 3.22. The fourth-order valence-electron chi connectivity index (χ4n) is 2.70. The summed E-state index contributed by atoms with van der Waals surface area (Å²) in [5.41, 5.74) is 2.71. The Morgan fingerprint density at radius 3 is 2.71 bits per heavy atom. The van der Waals surface area contributed by atoms with Gasteiger partial charge in [-0.2, -0.15) is 4.98 Å². The third-order valence-corrected chi connectivity index (χ3v) is 4.13. The van der Waals surface area contributed by atoms with Crippen molar-refractivity contribution < 1.29 is 18.4 Å². The zero-order valence-corrected chi connectivity index (χ0v) is 15.0. The minimum atomic E-state index is -0.459. The molecule has 0 N–H and O–H groups in total. The molecule has 2 aromatic carbocycles. The lowest BCUT2D eigenvalue weighted by Crippen LogP contribution is -2.00. The Kier molecular flexibility index (Phi) is 4.40. The highest BCUT2D eigenvalue weighted by molar-refractivity contribution is 5.90. The summed E-state index contributed by atoms with van der Waals surface area (Å²) in [6, 6.07) is 12.6. The Bertz CT molecular complexity index is 1150. The number of carbonyl (C=O) groups excluding carboxylic acids is 1. The molecule has 0 aliphatic rings. The second-order valence-electron chi connectivity index (χ2n) is 5.91. The molecule has 0 aliphatic carbocycles. The highest BCUT2D eigenvalue weighted by atomic mass is 19.1. The molecule has 0 saturated carbocycles. The summed E-state index contributed by atoms with van der Waals surface area (Å²) >= 11 is 0. The van der Waals surface area contributed by atoms with Crippen molar-refractivity contribution in [3.05, 3.63) is 65.6 Å². The van der Waals surface area contributed by atoms with Gasteiger partial charge in [0.05, 0.1) is 24.1 Å². The molecule has 0 aliphatic heterocycles. The van der Waals surface area contributed by atoms with Gasteiger partial charge in [-0.1, -0.05) is 16.4 Å². The number of hydrogen-bond donors (Lipinski definition) is 0. The van der Waals surface area contributed by atoms with Gasteiger partial charge in [-0.15, -0.1) is 5.10 Å². The molecular weight excluding hydrogens is 365 g/mol. The highest BCUT2D eigenvalue weighted by Gasteiger charge is 2.19. The molecule has 28 heavy (non-hydrogen) atoms. The lowest BCUT2D eigenvalue weighted by molar-refractivity contribution is 0.0601. The quantitative estimate of drug-likeness (QED) is 0.502. The summed E-state index contributed by atoms with van der Waals surface area (Å²) in [6.45, 7) is 1.80. The molecule has 0 bridgehead atoms. The molecule has 0 spiro atoms. The number of nitrogens with zero attached hydrogens (tertiary/aromatic N) is 5. The van der Waals surface area contributed by atoms with E-state index in [0.29, 0.717) is 28.2 Å². The van der Waals surface area contributed by atoms with Crippen LogP contribution in [0.1, 0.15) is 16.1 Å². The maximum Gasteiger partial charge on any atom is 0.337 e. The Hall–Kier alpha value is -3.88. The van der Waals surface area contributed by atoms with Crippen molar-refractivity contribution in [1.82, 2.24) is 25.1 Å².